The number of hydrogen-bond donors (Lipinski definition) is 4. The van der Waals surface area contributed by atoms with Crippen LogP contribution in [-0.2, 0) is 9.59 Å². The highest BCUT2D eigenvalue weighted by Gasteiger charge is 2.41. The number of carboxylic acids is 2. The Kier molecular flexibility index (Phi) is 9.55. The molecule has 14 nitrogen and oxygen atoms in total. The molecule has 0 radical (unpaired) electrons. The van der Waals surface area contributed by atoms with Gasteiger partial charge in [-0.1, -0.05) is 0 Å². The molecule has 14 heteroatoms. The number of carbonyl (C=O) groups is 4. The molecule has 6 aliphatic rings. The molecule has 0 aliphatic carbocycles. The van der Waals surface area contributed by atoms with Gasteiger partial charge in [0.15, 0.2) is 11.2 Å². The summed E-state index contributed by atoms with van der Waals surface area (Å²) in [6.07, 6.45) is 13.9. The molecule has 0 aromatic carbocycles. The SMILES string of the molecule is O=C(NC12CCN(CC1)CC2)c1cc2ccoc2cn1.O=C(NC12CCN(CC1)CC2)c1cc2ccoc2cn1.O=C(O)/C=C/C(=O)O. The van der Waals surface area contributed by atoms with Crippen molar-refractivity contribution in [2.75, 3.05) is 39.3 Å². The van der Waals surface area contributed by atoms with Crippen molar-refractivity contribution in [2.45, 2.75) is 49.6 Å². The Bertz CT molecular complexity index is 1670. The number of aromatic nitrogens is 2. The molecule has 4 bridgehead atoms. The summed E-state index contributed by atoms with van der Waals surface area (Å²) in [5.41, 5.74) is 2.34. The van der Waals surface area contributed by atoms with E-state index in [9.17, 15) is 19.2 Å². The Labute approximate surface area is 275 Å². The van der Waals surface area contributed by atoms with Crippen LogP contribution in [0, 0.1) is 0 Å². The fourth-order valence-electron chi connectivity index (χ4n) is 6.76. The summed E-state index contributed by atoms with van der Waals surface area (Å²) in [4.78, 5) is 57.3. The average molecular weight is 659 g/mol. The molecule has 4 aromatic rings. The van der Waals surface area contributed by atoms with Gasteiger partial charge in [0.05, 0.1) is 24.9 Å². The number of fused-ring (bicyclic) bond motifs is 8. The van der Waals surface area contributed by atoms with Gasteiger partial charge in [0.2, 0.25) is 0 Å². The van der Waals surface area contributed by atoms with Crippen LogP contribution in [0.25, 0.3) is 21.9 Å². The molecule has 48 heavy (non-hydrogen) atoms. The number of aliphatic carboxylic acids is 2. The molecule has 0 unspecified atom stereocenters. The third-order valence-corrected chi connectivity index (χ3v) is 9.71. The highest BCUT2D eigenvalue weighted by Crippen LogP contribution is 2.33. The number of amides is 2. The van der Waals surface area contributed by atoms with Crippen molar-refractivity contribution in [1.29, 1.82) is 0 Å². The summed E-state index contributed by atoms with van der Waals surface area (Å²) in [6.45, 7) is 6.55. The van der Waals surface area contributed by atoms with Crippen LogP contribution in [0.5, 0.6) is 0 Å². The Morgan fingerprint density at radius 1 is 0.646 bits per heavy atom. The van der Waals surface area contributed by atoms with Gasteiger partial charge in [0, 0.05) is 73.3 Å². The van der Waals surface area contributed by atoms with Crippen molar-refractivity contribution in [3.05, 3.63) is 72.7 Å². The Morgan fingerprint density at radius 3 is 1.33 bits per heavy atom. The van der Waals surface area contributed by atoms with Crippen LogP contribution in [0.4, 0.5) is 0 Å². The van der Waals surface area contributed by atoms with Gasteiger partial charge >= 0.3 is 11.9 Å². The number of furan rings is 2. The number of rotatable bonds is 6. The predicted octanol–water partition coefficient (Wildman–Crippen LogP) is 3.30. The van der Waals surface area contributed by atoms with Crippen LogP contribution >= 0.6 is 0 Å². The van der Waals surface area contributed by atoms with Gasteiger partial charge < -0.3 is 39.5 Å². The quantitative estimate of drug-likeness (QED) is 0.221. The van der Waals surface area contributed by atoms with Gasteiger partial charge in [-0.3, -0.25) is 9.59 Å². The summed E-state index contributed by atoms with van der Waals surface area (Å²) < 4.78 is 10.5. The van der Waals surface area contributed by atoms with Crippen molar-refractivity contribution in [1.82, 2.24) is 30.4 Å². The molecule has 0 spiro atoms. The van der Waals surface area contributed by atoms with E-state index >= 15 is 0 Å². The molecule has 2 amide bonds. The molecule has 4 N–H and O–H groups in total. The third-order valence-electron chi connectivity index (χ3n) is 9.71. The van der Waals surface area contributed by atoms with E-state index < -0.39 is 11.9 Å². The largest absolute Gasteiger partial charge is 0.478 e. The maximum atomic E-state index is 12.4. The lowest BCUT2D eigenvalue weighted by Crippen LogP contribution is -2.61. The van der Waals surface area contributed by atoms with Crippen LogP contribution in [0.15, 0.2) is 70.2 Å². The second-order valence-electron chi connectivity index (χ2n) is 12.7. The van der Waals surface area contributed by atoms with Gasteiger partial charge in [0.25, 0.3) is 11.8 Å². The van der Waals surface area contributed by atoms with E-state index in [1.165, 1.54) is 0 Å². The summed E-state index contributed by atoms with van der Waals surface area (Å²) in [5, 5.41) is 23.9. The molecule has 6 saturated heterocycles. The van der Waals surface area contributed by atoms with Gasteiger partial charge in [-0.05, 0) is 62.8 Å². The lowest BCUT2D eigenvalue weighted by Gasteiger charge is -2.48. The topological polar surface area (TPSA) is 191 Å². The number of nitrogens with one attached hydrogen (secondary N) is 2. The lowest BCUT2D eigenvalue weighted by molar-refractivity contribution is -0.134. The number of piperidine rings is 6. The van der Waals surface area contributed by atoms with Crippen molar-refractivity contribution in [3.8, 4) is 0 Å². The van der Waals surface area contributed by atoms with Crippen LogP contribution in [0.2, 0.25) is 0 Å². The Balaban J connectivity index is 0.000000138. The maximum Gasteiger partial charge on any atom is 0.328 e. The standard InChI is InChI=1S/2C15H17N3O2.C4H4O4/c2*19-14(12-9-11-1-8-20-13(11)10-16-12)17-15-2-5-18(6-3-15)7-4-15;5-3(6)1-2-4(7)8/h2*1,8-10H,2-7H2,(H,17,19);1-2H,(H,5,6)(H,7,8)/b;;2-1+. The van der Waals surface area contributed by atoms with Gasteiger partial charge in [0.1, 0.15) is 11.4 Å². The predicted molar refractivity (Wildman–Crippen MR) is 173 cm³/mol. The normalized spacial score (nSPS) is 25.5. The van der Waals surface area contributed by atoms with Crippen molar-refractivity contribution in [2.24, 2.45) is 0 Å². The van der Waals surface area contributed by atoms with Crippen LogP contribution in [0.3, 0.4) is 0 Å². The molecular formula is C34H38N6O8. The molecule has 10 heterocycles. The number of hydrogen-bond acceptors (Lipinski definition) is 10. The first kappa shape index (κ1) is 32.8. The van der Waals surface area contributed by atoms with Crippen molar-refractivity contribution >= 4 is 45.7 Å². The molecule has 6 aliphatic heterocycles. The summed E-state index contributed by atoms with van der Waals surface area (Å²) >= 11 is 0. The van der Waals surface area contributed by atoms with E-state index in [0.29, 0.717) is 34.7 Å². The fraction of sp³-hybridized carbons (Fsp3) is 0.412. The van der Waals surface area contributed by atoms with Gasteiger partial charge in [-0.2, -0.15) is 0 Å². The average Bonchev–Trinajstić information content (AvgIpc) is 3.78. The van der Waals surface area contributed by atoms with E-state index in [-0.39, 0.29) is 22.9 Å². The molecule has 4 aromatic heterocycles. The van der Waals surface area contributed by atoms with E-state index in [2.05, 4.69) is 30.4 Å². The van der Waals surface area contributed by atoms with Crippen LogP contribution in [-0.4, -0.2) is 104 Å². The number of carbonyl (C=O) groups excluding carboxylic acids is 2. The number of pyridine rings is 2. The van der Waals surface area contributed by atoms with E-state index in [0.717, 1.165) is 88.6 Å². The molecular weight excluding hydrogens is 620 g/mol. The van der Waals surface area contributed by atoms with Crippen molar-refractivity contribution in [3.63, 3.8) is 0 Å². The summed E-state index contributed by atoms with van der Waals surface area (Å²) in [7, 11) is 0. The second-order valence-corrected chi connectivity index (χ2v) is 12.7. The zero-order valence-electron chi connectivity index (χ0n) is 26.4. The number of nitrogens with zero attached hydrogens (tertiary/aromatic N) is 4. The van der Waals surface area contributed by atoms with Crippen molar-refractivity contribution < 1.29 is 38.2 Å². The zero-order valence-corrected chi connectivity index (χ0v) is 26.4. The highest BCUT2D eigenvalue weighted by molar-refractivity contribution is 5.96. The second kappa shape index (κ2) is 14.0. The number of carboxylic acid groups (broad SMARTS) is 2. The third kappa shape index (κ3) is 7.72. The first-order valence-electron chi connectivity index (χ1n) is 16.0. The zero-order chi connectivity index (χ0) is 33.7. The van der Waals surface area contributed by atoms with Gasteiger partial charge in [-0.15, -0.1) is 0 Å². The van der Waals surface area contributed by atoms with E-state index in [1.807, 2.05) is 12.1 Å². The fourth-order valence-corrected chi connectivity index (χ4v) is 6.76. The minimum absolute atomic E-state index is 0.0150. The summed E-state index contributed by atoms with van der Waals surface area (Å²) in [5.74, 6) is -2.65. The van der Waals surface area contributed by atoms with E-state index in [4.69, 9.17) is 19.0 Å². The maximum absolute atomic E-state index is 12.4. The van der Waals surface area contributed by atoms with Gasteiger partial charge in [-0.25, -0.2) is 19.6 Å². The van der Waals surface area contributed by atoms with E-state index in [1.54, 1.807) is 37.1 Å². The summed E-state index contributed by atoms with van der Waals surface area (Å²) in [6, 6.07) is 7.29. The monoisotopic (exact) mass is 658 g/mol. The Hall–Kier alpha value is -5.08. The minimum Gasteiger partial charge on any atom is -0.478 e. The Morgan fingerprint density at radius 2 is 1.00 bits per heavy atom. The highest BCUT2D eigenvalue weighted by atomic mass is 16.4. The smallest absolute Gasteiger partial charge is 0.328 e. The molecule has 10 rings (SSSR count). The lowest BCUT2D eigenvalue weighted by atomic mass is 9.80. The van der Waals surface area contributed by atoms with Crippen LogP contribution in [0.1, 0.15) is 59.5 Å². The molecule has 0 atom stereocenters. The minimum atomic E-state index is -1.26. The first-order chi connectivity index (χ1) is 23.1. The first-order valence-corrected chi connectivity index (χ1v) is 16.0. The van der Waals surface area contributed by atoms with Crippen LogP contribution < -0.4 is 10.6 Å². The molecule has 252 valence electrons. The molecule has 6 fully saturated rings. The molecule has 0 saturated carbocycles.